The summed E-state index contributed by atoms with van der Waals surface area (Å²) in [5.74, 6) is 0. The van der Waals surface area contributed by atoms with E-state index in [0.29, 0.717) is 0 Å². The maximum absolute atomic E-state index is 2.57. The second kappa shape index (κ2) is 9.42. The van der Waals surface area contributed by atoms with Crippen molar-refractivity contribution in [1.82, 2.24) is 0 Å². The fourth-order valence-corrected chi connectivity index (χ4v) is 12.9. The Labute approximate surface area is 185 Å². The maximum atomic E-state index is 2.57. The topological polar surface area (TPSA) is 0 Å². The van der Waals surface area contributed by atoms with Crippen molar-refractivity contribution in [2.45, 2.75) is 24.6 Å². The molecule has 4 aromatic rings. The van der Waals surface area contributed by atoms with Crippen LogP contribution in [-0.2, 0) is 10.7 Å². The first-order valence-electron chi connectivity index (χ1n) is 10.9. The molecule has 0 nitrogen and oxygen atoms in total. The first-order chi connectivity index (χ1) is 14.7. The van der Waals surface area contributed by atoms with Crippen LogP contribution in [0.25, 0.3) is 0 Å². The summed E-state index contributed by atoms with van der Waals surface area (Å²) in [6.07, 6.45) is 0. The van der Waals surface area contributed by atoms with Gasteiger partial charge in [-0.2, -0.15) is 0 Å². The zero-order valence-corrected chi connectivity index (χ0v) is 20.5. The van der Waals surface area contributed by atoms with Gasteiger partial charge in [-0.1, -0.05) is 144 Å². The highest BCUT2D eigenvalue weighted by Gasteiger charge is 2.39. The smallest absolute Gasteiger partial charge is 0.0629 e. The maximum Gasteiger partial charge on any atom is 0.109 e. The molecule has 0 aliphatic carbocycles. The molecular formula is C28H30Si2. The van der Waals surface area contributed by atoms with Gasteiger partial charge in [0, 0.05) is 9.52 Å². The van der Waals surface area contributed by atoms with Crippen molar-refractivity contribution in [3.63, 3.8) is 0 Å². The number of rotatable bonds is 7. The van der Waals surface area contributed by atoms with Gasteiger partial charge in [0.05, 0.1) is 0 Å². The van der Waals surface area contributed by atoms with Crippen molar-refractivity contribution in [3.05, 3.63) is 132 Å². The van der Waals surface area contributed by atoms with Gasteiger partial charge in [-0.15, -0.1) is 0 Å². The molecule has 0 bridgehead atoms. The fraction of sp³-hybridized carbons (Fsp3) is 0.143. The van der Waals surface area contributed by atoms with Crippen LogP contribution in [0.2, 0.25) is 0 Å². The van der Waals surface area contributed by atoms with Gasteiger partial charge >= 0.3 is 0 Å². The monoisotopic (exact) mass is 422 g/mol. The van der Waals surface area contributed by atoms with Crippen molar-refractivity contribution in [3.8, 4) is 0 Å². The standard InChI is InChI=1S/C28H30Si2/c1-23-18-20-25(21-19-23)28(2,29-22-24-12-6-3-7-13-24)30(26-14-8-4-9-15-26)27-16-10-5-11-17-27/h3-21,30H,22,29H2,1-2H3. The largest absolute Gasteiger partial charge is 0.109 e. The number of aryl methyl sites for hydroxylation is 1. The van der Waals surface area contributed by atoms with Gasteiger partial charge in [-0.25, -0.2) is 0 Å². The zero-order valence-electron chi connectivity index (χ0n) is 18.0. The highest BCUT2D eigenvalue weighted by atomic mass is 28.3. The number of hydrogen-bond donors (Lipinski definition) is 0. The van der Waals surface area contributed by atoms with Crippen LogP contribution in [0.1, 0.15) is 23.6 Å². The molecule has 0 saturated carbocycles. The lowest BCUT2D eigenvalue weighted by Gasteiger charge is -2.38. The van der Waals surface area contributed by atoms with Gasteiger partial charge < -0.3 is 0 Å². The molecule has 30 heavy (non-hydrogen) atoms. The summed E-state index contributed by atoms with van der Waals surface area (Å²) in [6.45, 7) is 4.76. The molecule has 0 fully saturated rings. The molecule has 1 unspecified atom stereocenters. The summed E-state index contributed by atoms with van der Waals surface area (Å²) in [6, 6.07) is 44.3. The Kier molecular flexibility index (Phi) is 6.46. The Bertz CT molecular complexity index is 1000. The first-order valence-corrected chi connectivity index (χ1v) is 14.3. The quantitative estimate of drug-likeness (QED) is 0.392. The highest BCUT2D eigenvalue weighted by molar-refractivity contribution is 6.93. The Morgan fingerprint density at radius 1 is 0.633 bits per heavy atom. The predicted molar refractivity (Wildman–Crippen MR) is 137 cm³/mol. The van der Waals surface area contributed by atoms with Crippen molar-refractivity contribution < 1.29 is 0 Å². The molecule has 0 N–H and O–H groups in total. The van der Waals surface area contributed by atoms with E-state index in [1.807, 2.05) is 0 Å². The lowest BCUT2D eigenvalue weighted by molar-refractivity contribution is 0.922. The van der Waals surface area contributed by atoms with E-state index >= 15 is 0 Å². The summed E-state index contributed by atoms with van der Waals surface area (Å²) in [7, 11) is -1.96. The van der Waals surface area contributed by atoms with Crippen molar-refractivity contribution in [1.29, 1.82) is 0 Å². The van der Waals surface area contributed by atoms with E-state index in [0.717, 1.165) is 0 Å². The van der Waals surface area contributed by atoms with E-state index in [1.54, 1.807) is 10.4 Å². The van der Waals surface area contributed by atoms with Crippen LogP contribution in [0.4, 0.5) is 0 Å². The SMILES string of the molecule is Cc1ccc(C(C)([SiH2]Cc2ccccc2)[SiH](c2ccccc2)c2ccccc2)cc1. The van der Waals surface area contributed by atoms with E-state index in [1.165, 1.54) is 22.7 Å². The van der Waals surface area contributed by atoms with Gasteiger partial charge in [-0.05, 0) is 23.2 Å². The summed E-state index contributed by atoms with van der Waals surface area (Å²) in [4.78, 5) is 0. The highest BCUT2D eigenvalue weighted by Crippen LogP contribution is 2.28. The van der Waals surface area contributed by atoms with E-state index in [2.05, 4.69) is 129 Å². The van der Waals surface area contributed by atoms with Crippen molar-refractivity contribution >= 4 is 28.7 Å². The number of benzene rings is 4. The Hall–Kier alpha value is -2.69. The third-order valence-corrected chi connectivity index (χ3v) is 14.5. The van der Waals surface area contributed by atoms with Gasteiger partial charge in [-0.3, -0.25) is 0 Å². The van der Waals surface area contributed by atoms with E-state index < -0.39 is 18.3 Å². The fourth-order valence-electron chi connectivity index (χ4n) is 4.66. The van der Waals surface area contributed by atoms with Gasteiger partial charge in [0.15, 0.2) is 0 Å². The molecule has 0 aliphatic heterocycles. The summed E-state index contributed by atoms with van der Waals surface area (Å²) in [5.41, 5.74) is 4.35. The van der Waals surface area contributed by atoms with Crippen LogP contribution < -0.4 is 10.4 Å². The number of hydrogen-bond acceptors (Lipinski definition) is 0. The van der Waals surface area contributed by atoms with Gasteiger partial charge in [0.2, 0.25) is 0 Å². The Balaban J connectivity index is 1.83. The molecule has 0 amide bonds. The second-order valence-electron chi connectivity index (χ2n) is 8.52. The molecule has 0 aromatic heterocycles. The zero-order chi connectivity index (χ0) is 20.8. The summed E-state index contributed by atoms with van der Waals surface area (Å²) in [5, 5.41) is 3.10. The van der Waals surface area contributed by atoms with Crippen molar-refractivity contribution in [2.24, 2.45) is 0 Å². The van der Waals surface area contributed by atoms with E-state index in [-0.39, 0.29) is 4.66 Å². The normalized spacial score (nSPS) is 13.6. The molecule has 0 saturated heterocycles. The van der Waals surface area contributed by atoms with Crippen LogP contribution in [-0.4, -0.2) is 18.3 Å². The van der Waals surface area contributed by atoms with E-state index in [9.17, 15) is 0 Å². The second-order valence-corrected chi connectivity index (χ2v) is 15.3. The molecule has 0 heterocycles. The average molecular weight is 423 g/mol. The molecule has 0 radical (unpaired) electrons. The predicted octanol–water partition coefficient (Wildman–Crippen LogP) is 4.16. The molecule has 1 atom stereocenters. The minimum atomic E-state index is -1.50. The van der Waals surface area contributed by atoms with Crippen LogP contribution in [0.15, 0.2) is 115 Å². The lowest BCUT2D eigenvalue weighted by atomic mass is 10.1. The molecule has 2 heteroatoms. The minimum absolute atomic E-state index is 0.242. The Morgan fingerprint density at radius 2 is 1.10 bits per heavy atom. The summed E-state index contributed by atoms with van der Waals surface area (Å²) >= 11 is 0. The van der Waals surface area contributed by atoms with Crippen LogP contribution in [0, 0.1) is 6.92 Å². The van der Waals surface area contributed by atoms with E-state index in [4.69, 9.17) is 0 Å². The van der Waals surface area contributed by atoms with Crippen molar-refractivity contribution in [2.75, 3.05) is 0 Å². The lowest BCUT2D eigenvalue weighted by Crippen LogP contribution is -2.60. The third-order valence-electron chi connectivity index (χ3n) is 6.39. The molecule has 0 aliphatic rings. The third kappa shape index (κ3) is 4.56. The van der Waals surface area contributed by atoms with Crippen LogP contribution in [0.3, 0.4) is 0 Å². The molecular weight excluding hydrogens is 392 g/mol. The average Bonchev–Trinajstić information content (AvgIpc) is 2.80. The molecule has 150 valence electrons. The van der Waals surface area contributed by atoms with Crippen LogP contribution in [0.5, 0.6) is 0 Å². The molecule has 4 rings (SSSR count). The Morgan fingerprint density at radius 3 is 1.60 bits per heavy atom. The first kappa shape index (κ1) is 20.6. The van der Waals surface area contributed by atoms with Gasteiger partial charge in [0.25, 0.3) is 0 Å². The molecule has 4 aromatic carbocycles. The van der Waals surface area contributed by atoms with Crippen LogP contribution >= 0.6 is 0 Å². The van der Waals surface area contributed by atoms with Gasteiger partial charge in [0.1, 0.15) is 8.80 Å². The minimum Gasteiger partial charge on any atom is -0.0629 e. The summed E-state index contributed by atoms with van der Waals surface area (Å²) < 4.78 is 0.242. The molecule has 0 spiro atoms.